The summed E-state index contributed by atoms with van der Waals surface area (Å²) < 4.78 is 12.8. The Morgan fingerprint density at radius 1 is 0.973 bits per heavy atom. The van der Waals surface area contributed by atoms with Gasteiger partial charge in [-0.1, -0.05) is 48.5 Å². The lowest BCUT2D eigenvalue weighted by Crippen LogP contribution is -2.33. The number of anilines is 1. The van der Waals surface area contributed by atoms with Crippen LogP contribution in [-0.2, 0) is 13.0 Å². The van der Waals surface area contributed by atoms with E-state index in [1.165, 1.54) is 5.56 Å². The minimum atomic E-state index is -0.253. The Bertz CT molecular complexity index is 1610. The number of amides is 1. The van der Waals surface area contributed by atoms with Crippen LogP contribution in [0, 0.1) is 0 Å². The van der Waals surface area contributed by atoms with Crippen LogP contribution in [0.2, 0.25) is 0 Å². The number of aromatic nitrogens is 3. The van der Waals surface area contributed by atoms with Gasteiger partial charge in [-0.3, -0.25) is 4.79 Å². The van der Waals surface area contributed by atoms with Gasteiger partial charge in [0.2, 0.25) is 6.79 Å². The largest absolute Gasteiger partial charge is 0.454 e. The highest BCUT2D eigenvalue weighted by atomic mass is 16.7. The molecule has 1 aliphatic heterocycles. The van der Waals surface area contributed by atoms with E-state index >= 15 is 0 Å². The Balaban J connectivity index is 1.35. The average molecular weight is 494 g/mol. The topological polar surface area (TPSA) is 104 Å². The van der Waals surface area contributed by atoms with Crippen molar-refractivity contribution < 1.29 is 14.3 Å². The summed E-state index contributed by atoms with van der Waals surface area (Å²) in [5.41, 5.74) is 11.7. The van der Waals surface area contributed by atoms with Gasteiger partial charge in [0.05, 0.1) is 17.6 Å². The van der Waals surface area contributed by atoms with Gasteiger partial charge < -0.3 is 25.1 Å². The number of ether oxygens (including phenoxy) is 2. The number of nitrogens with two attached hydrogens (primary N) is 1. The molecule has 1 amide bonds. The second kappa shape index (κ2) is 9.46. The quantitative estimate of drug-likeness (QED) is 0.341. The number of carbonyl (C=O) groups excluding carboxylic acids is 1. The molecule has 186 valence electrons. The first-order chi connectivity index (χ1) is 18.1. The fourth-order valence-electron chi connectivity index (χ4n) is 4.72. The van der Waals surface area contributed by atoms with Crippen molar-refractivity contribution in [3.05, 3.63) is 89.5 Å². The standard InChI is InChI=1S/C29H27N5O3/c1-18(11-12-19-7-3-2-4-8-19)31-29(35)25-26-28(33-22-10-6-5-9-21(22)32-26)34(27(25)30)16-20-13-14-23-24(15-20)37-17-36-23/h2-10,13-15,18H,11-12,16-17,30H2,1H3,(H,31,35)/t18-/m0/s1. The molecule has 0 aliphatic carbocycles. The van der Waals surface area contributed by atoms with Gasteiger partial charge >= 0.3 is 0 Å². The predicted molar refractivity (Wildman–Crippen MR) is 143 cm³/mol. The van der Waals surface area contributed by atoms with Crippen molar-refractivity contribution in [2.45, 2.75) is 32.4 Å². The molecular weight excluding hydrogens is 466 g/mol. The van der Waals surface area contributed by atoms with Crippen LogP contribution in [0.15, 0.2) is 72.8 Å². The molecule has 1 aliphatic rings. The van der Waals surface area contributed by atoms with Crippen LogP contribution in [0.3, 0.4) is 0 Å². The summed E-state index contributed by atoms with van der Waals surface area (Å²) >= 11 is 0. The number of hydrogen-bond acceptors (Lipinski definition) is 6. The lowest BCUT2D eigenvalue weighted by molar-refractivity contribution is 0.0940. The molecule has 0 saturated heterocycles. The third-order valence-corrected chi connectivity index (χ3v) is 6.68. The van der Waals surface area contributed by atoms with E-state index in [0.29, 0.717) is 46.1 Å². The third-order valence-electron chi connectivity index (χ3n) is 6.68. The van der Waals surface area contributed by atoms with E-state index in [9.17, 15) is 4.79 Å². The Kier molecular flexibility index (Phi) is 5.84. The van der Waals surface area contributed by atoms with Crippen LogP contribution in [0.4, 0.5) is 5.82 Å². The van der Waals surface area contributed by atoms with E-state index in [2.05, 4.69) is 17.4 Å². The average Bonchev–Trinajstić information content (AvgIpc) is 3.48. The molecule has 3 heterocycles. The van der Waals surface area contributed by atoms with Crippen molar-refractivity contribution in [2.75, 3.05) is 12.5 Å². The minimum Gasteiger partial charge on any atom is -0.454 e. The first-order valence-electron chi connectivity index (χ1n) is 12.3. The second-order valence-electron chi connectivity index (χ2n) is 9.32. The monoisotopic (exact) mass is 493 g/mol. The van der Waals surface area contributed by atoms with Crippen LogP contribution in [-0.4, -0.2) is 33.3 Å². The zero-order chi connectivity index (χ0) is 25.4. The van der Waals surface area contributed by atoms with E-state index in [1.807, 2.05) is 72.2 Å². The van der Waals surface area contributed by atoms with E-state index in [4.69, 9.17) is 25.2 Å². The van der Waals surface area contributed by atoms with Crippen molar-refractivity contribution in [1.82, 2.24) is 19.9 Å². The van der Waals surface area contributed by atoms with E-state index < -0.39 is 0 Å². The Labute approximate surface area is 214 Å². The molecular formula is C29H27N5O3. The van der Waals surface area contributed by atoms with Crippen molar-refractivity contribution in [3.63, 3.8) is 0 Å². The molecule has 8 nitrogen and oxygen atoms in total. The summed E-state index contributed by atoms with van der Waals surface area (Å²) in [5, 5.41) is 3.12. The van der Waals surface area contributed by atoms with Crippen molar-refractivity contribution in [1.29, 1.82) is 0 Å². The molecule has 3 aromatic carbocycles. The van der Waals surface area contributed by atoms with Gasteiger partial charge in [0.15, 0.2) is 17.1 Å². The van der Waals surface area contributed by atoms with E-state index in [0.717, 1.165) is 23.9 Å². The van der Waals surface area contributed by atoms with Crippen molar-refractivity contribution in [3.8, 4) is 11.5 Å². The lowest BCUT2D eigenvalue weighted by Gasteiger charge is -2.14. The number of nitrogens with one attached hydrogen (secondary N) is 1. The van der Waals surface area contributed by atoms with Gasteiger partial charge in [0, 0.05) is 6.04 Å². The molecule has 1 atom stereocenters. The highest BCUT2D eigenvalue weighted by molar-refractivity contribution is 6.10. The smallest absolute Gasteiger partial charge is 0.257 e. The van der Waals surface area contributed by atoms with Gasteiger partial charge in [-0.05, 0) is 55.2 Å². The maximum Gasteiger partial charge on any atom is 0.257 e. The van der Waals surface area contributed by atoms with Gasteiger partial charge in [-0.2, -0.15) is 0 Å². The number of nitrogen functional groups attached to an aromatic ring is 1. The Morgan fingerprint density at radius 2 is 1.70 bits per heavy atom. The van der Waals surface area contributed by atoms with Crippen LogP contribution in [0.1, 0.15) is 34.8 Å². The molecule has 8 heteroatoms. The number of aryl methyl sites for hydroxylation is 1. The zero-order valence-corrected chi connectivity index (χ0v) is 20.5. The summed E-state index contributed by atoms with van der Waals surface area (Å²) in [6, 6.07) is 23.6. The Hall–Kier alpha value is -4.59. The maximum atomic E-state index is 13.5. The Morgan fingerprint density at radius 3 is 2.51 bits per heavy atom. The molecule has 0 radical (unpaired) electrons. The van der Waals surface area contributed by atoms with Crippen LogP contribution in [0.5, 0.6) is 11.5 Å². The fraction of sp³-hybridized carbons (Fsp3) is 0.207. The predicted octanol–water partition coefficient (Wildman–Crippen LogP) is 4.69. The summed E-state index contributed by atoms with van der Waals surface area (Å²) in [5.74, 6) is 1.48. The molecule has 0 fully saturated rings. The third kappa shape index (κ3) is 4.42. The summed E-state index contributed by atoms with van der Waals surface area (Å²) in [7, 11) is 0. The first-order valence-corrected chi connectivity index (χ1v) is 12.3. The van der Waals surface area contributed by atoms with Gasteiger partial charge in [0.25, 0.3) is 5.91 Å². The van der Waals surface area contributed by atoms with Gasteiger partial charge in [0.1, 0.15) is 16.9 Å². The van der Waals surface area contributed by atoms with Crippen LogP contribution in [0.25, 0.3) is 22.2 Å². The minimum absolute atomic E-state index is 0.0484. The number of hydrogen-bond donors (Lipinski definition) is 2. The number of nitrogens with zero attached hydrogens (tertiary/aromatic N) is 3. The summed E-state index contributed by atoms with van der Waals surface area (Å²) in [6.45, 7) is 2.62. The highest BCUT2D eigenvalue weighted by Crippen LogP contribution is 2.34. The fourth-order valence-corrected chi connectivity index (χ4v) is 4.72. The van der Waals surface area contributed by atoms with Gasteiger partial charge in [-0.25, -0.2) is 9.97 Å². The van der Waals surface area contributed by atoms with Crippen LogP contribution >= 0.6 is 0 Å². The highest BCUT2D eigenvalue weighted by Gasteiger charge is 2.25. The van der Waals surface area contributed by atoms with Crippen LogP contribution < -0.4 is 20.5 Å². The van der Waals surface area contributed by atoms with Crippen molar-refractivity contribution >= 4 is 33.9 Å². The second-order valence-corrected chi connectivity index (χ2v) is 9.32. The van der Waals surface area contributed by atoms with E-state index in [-0.39, 0.29) is 18.7 Å². The van der Waals surface area contributed by atoms with E-state index in [1.54, 1.807) is 0 Å². The molecule has 6 rings (SSSR count). The molecule has 0 bridgehead atoms. The molecule has 0 unspecified atom stereocenters. The first kappa shape index (κ1) is 22.8. The number of para-hydroxylation sites is 2. The molecule has 0 saturated carbocycles. The normalized spacial score (nSPS) is 13.2. The number of rotatable bonds is 7. The molecule has 5 aromatic rings. The number of carbonyl (C=O) groups is 1. The molecule has 37 heavy (non-hydrogen) atoms. The summed E-state index contributed by atoms with van der Waals surface area (Å²) in [6.07, 6.45) is 1.67. The molecule has 0 spiro atoms. The SMILES string of the molecule is C[C@@H](CCc1ccccc1)NC(=O)c1c(N)n(Cc2ccc3c(c2)OCO3)c2nc3ccccc3nc12. The number of benzene rings is 3. The maximum absolute atomic E-state index is 13.5. The van der Waals surface area contributed by atoms with Gasteiger partial charge in [-0.15, -0.1) is 0 Å². The number of fused-ring (bicyclic) bond motifs is 3. The molecule has 3 N–H and O–H groups in total. The van der Waals surface area contributed by atoms with Crippen molar-refractivity contribution in [2.24, 2.45) is 0 Å². The molecule has 2 aromatic heterocycles. The zero-order valence-electron chi connectivity index (χ0n) is 20.5. The lowest BCUT2D eigenvalue weighted by atomic mass is 10.1. The summed E-state index contributed by atoms with van der Waals surface area (Å²) in [4.78, 5) is 23.2.